The highest BCUT2D eigenvalue weighted by molar-refractivity contribution is 6.04. The summed E-state index contributed by atoms with van der Waals surface area (Å²) in [5.74, 6) is 0.610. The predicted octanol–water partition coefficient (Wildman–Crippen LogP) is 4.01. The standard InChI is InChI=1S/C19H16N2O2/c1-23-18-9-7-14(8-10-18)15-11-16(13-20-12-15)19(22)21-17-5-3-2-4-6-17/h2-13H,1H3,(H,21,22). The van der Waals surface area contributed by atoms with Crippen LogP contribution in [0.1, 0.15) is 10.4 Å². The Hall–Kier alpha value is -3.14. The van der Waals surface area contributed by atoms with Gasteiger partial charge in [0.25, 0.3) is 5.91 Å². The maximum atomic E-state index is 12.3. The van der Waals surface area contributed by atoms with Crippen LogP contribution in [0.15, 0.2) is 73.1 Å². The van der Waals surface area contributed by atoms with Crippen molar-refractivity contribution in [2.24, 2.45) is 0 Å². The summed E-state index contributed by atoms with van der Waals surface area (Å²) in [6.07, 6.45) is 3.30. The van der Waals surface area contributed by atoms with Gasteiger partial charge >= 0.3 is 0 Å². The number of carbonyl (C=O) groups is 1. The largest absolute Gasteiger partial charge is 0.497 e. The molecule has 0 spiro atoms. The molecule has 0 aliphatic carbocycles. The summed E-state index contributed by atoms with van der Waals surface area (Å²) in [7, 11) is 1.63. The number of aromatic nitrogens is 1. The first-order valence-corrected chi connectivity index (χ1v) is 7.22. The van der Waals surface area contributed by atoms with E-state index in [4.69, 9.17) is 4.74 Å². The molecular weight excluding hydrogens is 288 g/mol. The van der Waals surface area contributed by atoms with Crippen molar-refractivity contribution in [2.45, 2.75) is 0 Å². The van der Waals surface area contributed by atoms with E-state index >= 15 is 0 Å². The van der Waals surface area contributed by atoms with Crippen LogP contribution < -0.4 is 10.1 Å². The van der Waals surface area contributed by atoms with Crippen LogP contribution in [0.4, 0.5) is 5.69 Å². The summed E-state index contributed by atoms with van der Waals surface area (Å²) in [6.45, 7) is 0. The lowest BCUT2D eigenvalue weighted by atomic mass is 10.1. The molecule has 4 nitrogen and oxygen atoms in total. The molecule has 0 radical (unpaired) electrons. The SMILES string of the molecule is COc1ccc(-c2cncc(C(=O)Nc3ccccc3)c2)cc1. The highest BCUT2D eigenvalue weighted by Crippen LogP contribution is 2.22. The van der Waals surface area contributed by atoms with Crippen LogP contribution in [0.25, 0.3) is 11.1 Å². The first kappa shape index (κ1) is 14.8. The molecule has 3 rings (SSSR count). The summed E-state index contributed by atoms with van der Waals surface area (Å²) in [4.78, 5) is 16.5. The number of nitrogens with one attached hydrogen (secondary N) is 1. The van der Waals surface area contributed by atoms with Crippen LogP contribution in [0.5, 0.6) is 5.75 Å². The number of hydrogen-bond donors (Lipinski definition) is 1. The Labute approximate surface area is 134 Å². The zero-order valence-corrected chi connectivity index (χ0v) is 12.7. The quantitative estimate of drug-likeness (QED) is 0.792. The molecule has 1 amide bonds. The second-order valence-electron chi connectivity index (χ2n) is 5.01. The van der Waals surface area contributed by atoms with Crippen molar-refractivity contribution < 1.29 is 9.53 Å². The van der Waals surface area contributed by atoms with Gasteiger partial charge in [-0.05, 0) is 35.9 Å². The van der Waals surface area contributed by atoms with E-state index in [2.05, 4.69) is 10.3 Å². The second-order valence-corrected chi connectivity index (χ2v) is 5.01. The smallest absolute Gasteiger partial charge is 0.257 e. The van der Waals surface area contributed by atoms with E-state index in [1.807, 2.05) is 60.7 Å². The minimum absolute atomic E-state index is 0.181. The fourth-order valence-electron chi connectivity index (χ4n) is 2.23. The Morgan fingerprint density at radius 1 is 0.957 bits per heavy atom. The summed E-state index contributed by atoms with van der Waals surface area (Å²) in [5, 5.41) is 2.86. The number of anilines is 1. The van der Waals surface area contributed by atoms with Crippen LogP contribution in [0.3, 0.4) is 0 Å². The number of ether oxygens (including phenoxy) is 1. The Kier molecular flexibility index (Phi) is 4.34. The zero-order valence-electron chi connectivity index (χ0n) is 12.7. The van der Waals surface area contributed by atoms with Crippen LogP contribution in [-0.4, -0.2) is 18.0 Å². The number of amides is 1. The fourth-order valence-corrected chi connectivity index (χ4v) is 2.23. The maximum Gasteiger partial charge on any atom is 0.257 e. The van der Waals surface area contributed by atoms with Crippen molar-refractivity contribution in [3.8, 4) is 16.9 Å². The summed E-state index contributed by atoms with van der Waals surface area (Å²) in [6, 6.07) is 18.8. The molecular formula is C19H16N2O2. The van der Waals surface area contributed by atoms with Crippen LogP contribution in [-0.2, 0) is 0 Å². The Balaban J connectivity index is 1.82. The fraction of sp³-hybridized carbons (Fsp3) is 0.0526. The molecule has 1 heterocycles. The van der Waals surface area contributed by atoms with E-state index in [-0.39, 0.29) is 5.91 Å². The van der Waals surface area contributed by atoms with Gasteiger partial charge in [0, 0.05) is 23.6 Å². The zero-order chi connectivity index (χ0) is 16.1. The number of pyridine rings is 1. The van der Waals surface area contributed by atoms with E-state index in [0.29, 0.717) is 5.56 Å². The lowest BCUT2D eigenvalue weighted by Crippen LogP contribution is -2.12. The minimum atomic E-state index is -0.181. The first-order valence-electron chi connectivity index (χ1n) is 7.22. The molecule has 1 aromatic heterocycles. The van der Waals surface area contributed by atoms with Gasteiger partial charge < -0.3 is 10.1 Å². The molecule has 1 N–H and O–H groups in total. The normalized spacial score (nSPS) is 10.1. The number of carbonyl (C=O) groups excluding carboxylic acids is 1. The topological polar surface area (TPSA) is 51.2 Å². The molecule has 0 aliphatic heterocycles. The molecule has 114 valence electrons. The van der Waals surface area contributed by atoms with Crippen molar-refractivity contribution in [2.75, 3.05) is 12.4 Å². The molecule has 0 unspecified atom stereocenters. The maximum absolute atomic E-state index is 12.3. The van der Waals surface area contributed by atoms with Crippen molar-refractivity contribution in [3.63, 3.8) is 0 Å². The number of hydrogen-bond acceptors (Lipinski definition) is 3. The molecule has 0 saturated carbocycles. The van der Waals surface area contributed by atoms with E-state index in [1.165, 1.54) is 0 Å². The highest BCUT2D eigenvalue weighted by atomic mass is 16.5. The van der Waals surface area contributed by atoms with Gasteiger partial charge in [-0.2, -0.15) is 0 Å². The van der Waals surface area contributed by atoms with Crippen LogP contribution in [0.2, 0.25) is 0 Å². The number of methoxy groups -OCH3 is 1. The second kappa shape index (κ2) is 6.75. The van der Waals surface area contributed by atoms with Crippen molar-refractivity contribution >= 4 is 11.6 Å². The summed E-state index contributed by atoms with van der Waals surface area (Å²) < 4.78 is 5.15. The molecule has 0 bridgehead atoms. The molecule has 0 saturated heterocycles. The molecule has 0 atom stereocenters. The number of benzene rings is 2. The van der Waals surface area contributed by atoms with Crippen molar-refractivity contribution in [1.82, 2.24) is 4.98 Å². The number of rotatable bonds is 4. The van der Waals surface area contributed by atoms with Gasteiger partial charge in [-0.25, -0.2) is 0 Å². The van der Waals surface area contributed by atoms with Gasteiger partial charge in [0.2, 0.25) is 0 Å². The third-order valence-corrected chi connectivity index (χ3v) is 3.46. The molecule has 2 aromatic carbocycles. The molecule has 0 fully saturated rings. The number of nitrogens with zero attached hydrogens (tertiary/aromatic N) is 1. The Bertz CT molecular complexity index is 799. The molecule has 4 heteroatoms. The van der Waals surface area contributed by atoms with Gasteiger partial charge in [-0.3, -0.25) is 9.78 Å². The molecule has 0 aliphatic rings. The molecule has 23 heavy (non-hydrogen) atoms. The van der Waals surface area contributed by atoms with E-state index < -0.39 is 0 Å². The minimum Gasteiger partial charge on any atom is -0.497 e. The van der Waals surface area contributed by atoms with Crippen molar-refractivity contribution in [3.05, 3.63) is 78.6 Å². The highest BCUT2D eigenvalue weighted by Gasteiger charge is 2.08. The van der Waals surface area contributed by atoms with E-state index in [9.17, 15) is 4.79 Å². The van der Waals surface area contributed by atoms with Gasteiger partial charge in [-0.15, -0.1) is 0 Å². The third kappa shape index (κ3) is 3.55. The first-order chi connectivity index (χ1) is 11.3. The lowest BCUT2D eigenvalue weighted by molar-refractivity contribution is 0.102. The van der Waals surface area contributed by atoms with Gasteiger partial charge in [-0.1, -0.05) is 30.3 Å². The van der Waals surface area contributed by atoms with Crippen LogP contribution >= 0.6 is 0 Å². The Morgan fingerprint density at radius 3 is 2.39 bits per heavy atom. The Morgan fingerprint density at radius 2 is 1.70 bits per heavy atom. The molecule has 3 aromatic rings. The average Bonchev–Trinajstić information content (AvgIpc) is 2.63. The predicted molar refractivity (Wildman–Crippen MR) is 90.6 cm³/mol. The van der Waals surface area contributed by atoms with Crippen LogP contribution in [0, 0.1) is 0 Å². The van der Waals surface area contributed by atoms with Crippen molar-refractivity contribution in [1.29, 1.82) is 0 Å². The van der Waals surface area contributed by atoms with Gasteiger partial charge in [0.05, 0.1) is 12.7 Å². The lowest BCUT2D eigenvalue weighted by Gasteiger charge is -2.07. The van der Waals surface area contributed by atoms with Gasteiger partial charge in [0.1, 0.15) is 5.75 Å². The van der Waals surface area contributed by atoms with E-state index in [1.54, 1.807) is 19.5 Å². The average molecular weight is 304 g/mol. The summed E-state index contributed by atoms with van der Waals surface area (Å²) in [5.41, 5.74) is 3.13. The van der Waals surface area contributed by atoms with E-state index in [0.717, 1.165) is 22.6 Å². The number of para-hydroxylation sites is 1. The third-order valence-electron chi connectivity index (χ3n) is 3.46. The monoisotopic (exact) mass is 304 g/mol. The summed E-state index contributed by atoms with van der Waals surface area (Å²) >= 11 is 0. The van der Waals surface area contributed by atoms with Gasteiger partial charge in [0.15, 0.2) is 0 Å².